The summed E-state index contributed by atoms with van der Waals surface area (Å²) in [5, 5.41) is 23.0. The second-order valence-electron chi connectivity index (χ2n) is 22.7. The minimum atomic E-state index is -0.319. The summed E-state index contributed by atoms with van der Waals surface area (Å²) in [6.07, 6.45) is 20.1. The van der Waals surface area contributed by atoms with E-state index in [1.54, 1.807) is 61.8 Å². The number of nitrogens with zero attached hydrogens (tertiary/aromatic N) is 9. The number of nitrogen functional groups attached to an aromatic ring is 3. The zero-order valence-corrected chi connectivity index (χ0v) is 46.8. The summed E-state index contributed by atoms with van der Waals surface area (Å²) < 4.78 is 0. The summed E-state index contributed by atoms with van der Waals surface area (Å²) in [6, 6.07) is 17.1. The van der Waals surface area contributed by atoms with Crippen LogP contribution in [0.5, 0.6) is 0 Å². The van der Waals surface area contributed by atoms with Crippen LogP contribution in [0, 0.1) is 54.8 Å². The smallest absolute Gasteiger partial charge is 0.229 e. The zero-order chi connectivity index (χ0) is 57.5. The topological polar surface area (TPSA) is 302 Å². The lowest BCUT2D eigenvalue weighted by Gasteiger charge is -2.11. The SMILES string of the molecule is CC[C@@]1(C)C[C@@H]1C(=O)Nc1cc2cc(-c3cnccc3C)nc(N)c2cn1.CC[C@]1(C)C[C@@H]1C(=O)Nc1cc2cc(-c3cnccc3C)nc(N)c2cn1.Cc1ccncc1-c1cc2cc(NC(=O)C3CC3(C)CO)ncc2c(N)n1. The van der Waals surface area contributed by atoms with E-state index in [1.807, 2.05) is 76.2 Å². The van der Waals surface area contributed by atoms with Crippen LogP contribution >= 0.6 is 0 Å². The van der Waals surface area contributed by atoms with E-state index in [-0.39, 0.29) is 58.3 Å². The molecule has 3 aliphatic carbocycles. The highest BCUT2D eigenvalue weighted by Crippen LogP contribution is 2.56. The number of hydrogen-bond donors (Lipinski definition) is 7. The van der Waals surface area contributed by atoms with E-state index in [2.05, 4.69) is 88.5 Å². The largest absolute Gasteiger partial charge is 0.396 e. The second-order valence-corrected chi connectivity index (χ2v) is 22.7. The van der Waals surface area contributed by atoms with Crippen molar-refractivity contribution in [2.45, 2.75) is 87.5 Å². The molecule has 9 aromatic heterocycles. The van der Waals surface area contributed by atoms with Crippen molar-refractivity contribution in [3.63, 3.8) is 0 Å². The standard InChI is InChI=1S/2C21H23N5O.C20H21N5O2/c2*1-4-21(3)9-16(21)20(27)26-18-8-13-7-17(14-10-23-6-5-12(14)2)25-19(22)15(13)11-24-18;1-11-3-4-22-8-13(11)16-5-12-6-17(23-9-14(12)18(21)24-16)25-19(27)15-7-20(15,2)10-26/h2*5-8,10-11,16H,4,9H2,1-3H3,(H2,22,25)(H,24,26,27);3-6,8-9,15,26H,7,10H2,1-2H3,(H2,21,24)(H,23,25,27)/t16-,21+;16-,21-;/m11./s1. The molecule has 2 unspecified atom stereocenters. The van der Waals surface area contributed by atoms with Gasteiger partial charge in [0.2, 0.25) is 17.7 Å². The third-order valence-electron chi connectivity index (χ3n) is 16.9. The molecule has 0 bridgehead atoms. The lowest BCUT2D eigenvalue weighted by Crippen LogP contribution is -2.19. The number of rotatable bonds is 12. The molecule has 9 aromatic rings. The number of pyridine rings is 9. The monoisotopic (exact) mass is 1090 g/mol. The van der Waals surface area contributed by atoms with Crippen molar-refractivity contribution in [1.82, 2.24) is 44.9 Å². The zero-order valence-electron chi connectivity index (χ0n) is 46.8. The number of carbonyl (C=O) groups excluding carboxylic acids is 3. The first-order chi connectivity index (χ1) is 38.7. The van der Waals surface area contributed by atoms with Crippen molar-refractivity contribution in [3.05, 3.63) is 127 Å². The molecule has 19 heteroatoms. The van der Waals surface area contributed by atoms with E-state index in [1.165, 1.54) is 0 Å². The summed E-state index contributed by atoms with van der Waals surface area (Å²) in [6.45, 7) is 16.5. The molecule has 81 heavy (non-hydrogen) atoms. The number of hydrogen-bond acceptors (Lipinski definition) is 16. The normalized spacial score (nSPS) is 21.2. The third-order valence-corrected chi connectivity index (χ3v) is 16.9. The maximum Gasteiger partial charge on any atom is 0.229 e. The van der Waals surface area contributed by atoms with E-state index < -0.39 is 0 Å². The molecule has 12 rings (SSSR count). The van der Waals surface area contributed by atoms with E-state index in [4.69, 9.17) is 17.2 Å². The molecule has 0 saturated heterocycles. The second kappa shape index (κ2) is 21.9. The minimum absolute atomic E-state index is 0.00621. The van der Waals surface area contributed by atoms with Crippen LogP contribution in [-0.2, 0) is 14.4 Å². The van der Waals surface area contributed by atoms with E-state index >= 15 is 0 Å². The van der Waals surface area contributed by atoms with Crippen LogP contribution < -0.4 is 33.2 Å². The maximum absolute atomic E-state index is 12.5. The molecule has 0 spiro atoms. The highest BCUT2D eigenvalue weighted by Gasteiger charge is 2.55. The summed E-state index contributed by atoms with van der Waals surface area (Å²) in [4.78, 5) is 76.4. The Morgan fingerprint density at radius 3 is 1.05 bits per heavy atom. The van der Waals surface area contributed by atoms with Crippen molar-refractivity contribution in [1.29, 1.82) is 0 Å². The number of aliphatic hydroxyl groups excluding tert-OH is 1. The van der Waals surface area contributed by atoms with Crippen LogP contribution in [0.3, 0.4) is 0 Å². The van der Waals surface area contributed by atoms with Crippen LogP contribution in [0.1, 0.15) is 83.4 Å². The number of amides is 3. The van der Waals surface area contributed by atoms with Gasteiger partial charge < -0.3 is 38.3 Å². The van der Waals surface area contributed by atoms with Crippen molar-refractivity contribution in [2.24, 2.45) is 34.0 Å². The molecule has 0 radical (unpaired) electrons. The number of aliphatic hydroxyl groups is 1. The molecule has 0 aliphatic heterocycles. The first kappa shape index (κ1) is 55.2. The third kappa shape index (κ3) is 11.5. The molecule has 19 nitrogen and oxygen atoms in total. The van der Waals surface area contributed by atoms with Gasteiger partial charge in [-0.1, -0.05) is 34.6 Å². The van der Waals surface area contributed by atoms with Gasteiger partial charge in [-0.25, -0.2) is 29.9 Å². The van der Waals surface area contributed by atoms with Crippen LogP contribution in [0.15, 0.2) is 110 Å². The predicted octanol–water partition coefficient (Wildman–Crippen LogP) is 10.5. The average molecular weight is 1090 g/mol. The van der Waals surface area contributed by atoms with Gasteiger partial charge in [-0.05, 0) is 151 Å². The maximum atomic E-state index is 12.5. The van der Waals surface area contributed by atoms with Gasteiger partial charge in [0.15, 0.2) is 0 Å². The lowest BCUT2D eigenvalue weighted by atomic mass is 10.0. The van der Waals surface area contributed by atoms with Gasteiger partial charge in [-0.2, -0.15) is 0 Å². The number of nitrogens with two attached hydrogens (primary N) is 3. The number of anilines is 6. The minimum Gasteiger partial charge on any atom is -0.396 e. The van der Waals surface area contributed by atoms with Crippen LogP contribution in [-0.4, -0.2) is 74.3 Å². The Bertz CT molecular complexity index is 3550. The molecule has 6 atom stereocenters. The molecule has 3 fully saturated rings. The molecule has 3 aliphatic rings. The van der Waals surface area contributed by atoms with Crippen molar-refractivity contribution in [2.75, 3.05) is 39.8 Å². The van der Waals surface area contributed by atoms with Crippen molar-refractivity contribution in [3.8, 4) is 33.8 Å². The molecular weight excluding hydrogens is 1020 g/mol. The molecule has 0 aromatic carbocycles. The molecule has 3 saturated carbocycles. The Balaban J connectivity index is 0.000000136. The first-order valence-corrected chi connectivity index (χ1v) is 27.2. The number of aryl methyl sites for hydroxylation is 3. The summed E-state index contributed by atoms with van der Waals surface area (Å²) in [5.74, 6) is 2.65. The van der Waals surface area contributed by atoms with Gasteiger partial charge in [0, 0.05) is 118 Å². The van der Waals surface area contributed by atoms with Crippen molar-refractivity contribution < 1.29 is 19.5 Å². The van der Waals surface area contributed by atoms with Gasteiger partial charge in [-0.3, -0.25) is 29.3 Å². The highest BCUT2D eigenvalue weighted by molar-refractivity contribution is 6.01. The molecule has 10 N–H and O–H groups in total. The van der Waals surface area contributed by atoms with Crippen LogP contribution in [0.2, 0.25) is 0 Å². The molecular formula is C62H67N15O4. The highest BCUT2D eigenvalue weighted by atomic mass is 16.3. The fraction of sp³-hybridized carbons (Fsp3) is 0.323. The number of fused-ring (bicyclic) bond motifs is 3. The quantitative estimate of drug-likeness (QED) is 0.0598. The Morgan fingerprint density at radius 2 is 0.790 bits per heavy atom. The van der Waals surface area contributed by atoms with Gasteiger partial charge >= 0.3 is 0 Å². The van der Waals surface area contributed by atoms with Crippen molar-refractivity contribution >= 4 is 84.9 Å². The Hall–Kier alpha value is -9.10. The van der Waals surface area contributed by atoms with E-state index in [0.717, 1.165) is 108 Å². The molecule has 414 valence electrons. The van der Waals surface area contributed by atoms with E-state index in [0.29, 0.717) is 41.3 Å². The number of aromatic nitrogens is 9. The Morgan fingerprint density at radius 1 is 0.494 bits per heavy atom. The fourth-order valence-electron chi connectivity index (χ4n) is 10.4. The van der Waals surface area contributed by atoms with Gasteiger partial charge in [0.1, 0.15) is 34.9 Å². The van der Waals surface area contributed by atoms with E-state index in [9.17, 15) is 19.5 Å². The first-order valence-electron chi connectivity index (χ1n) is 27.2. The Labute approximate surface area is 469 Å². The summed E-state index contributed by atoms with van der Waals surface area (Å²) >= 11 is 0. The lowest BCUT2D eigenvalue weighted by molar-refractivity contribution is -0.119. The number of carbonyl (C=O) groups is 3. The molecule has 9 heterocycles. The number of nitrogens with one attached hydrogen (secondary N) is 3. The predicted molar refractivity (Wildman–Crippen MR) is 318 cm³/mol. The van der Waals surface area contributed by atoms with Gasteiger partial charge in [0.05, 0.1) is 17.1 Å². The summed E-state index contributed by atoms with van der Waals surface area (Å²) in [5.41, 5.74) is 26.6. The fourth-order valence-corrected chi connectivity index (χ4v) is 10.4. The van der Waals surface area contributed by atoms with Crippen LogP contribution in [0.25, 0.3) is 66.1 Å². The van der Waals surface area contributed by atoms with Gasteiger partial charge in [0.25, 0.3) is 0 Å². The van der Waals surface area contributed by atoms with Gasteiger partial charge in [-0.15, -0.1) is 0 Å². The summed E-state index contributed by atoms with van der Waals surface area (Å²) in [7, 11) is 0. The molecule has 3 amide bonds. The average Bonchev–Trinajstić information content (AvgIpc) is 4.58. The van der Waals surface area contributed by atoms with Crippen LogP contribution in [0.4, 0.5) is 34.9 Å². The Kier molecular flexibility index (Phi) is 14.9.